The van der Waals surface area contributed by atoms with Gasteiger partial charge in [-0.2, -0.15) is 0 Å². The summed E-state index contributed by atoms with van der Waals surface area (Å²) in [5, 5.41) is 0.125. The molecule has 5 nitrogen and oxygen atoms in total. The van der Waals surface area contributed by atoms with Crippen LogP contribution in [0.2, 0.25) is 0 Å². The smallest absolute Gasteiger partial charge is 0.391 e. The Balaban J connectivity index is 2.30. The monoisotopic (exact) mass is 222 g/mol. The number of nitrogens with two attached hydrogens (primary N) is 1. The fourth-order valence-electron chi connectivity index (χ4n) is 1.02. The summed E-state index contributed by atoms with van der Waals surface area (Å²) in [4.78, 5) is 25.3. The van der Waals surface area contributed by atoms with Gasteiger partial charge in [-0.15, -0.1) is 0 Å². The first-order valence-corrected chi connectivity index (χ1v) is 4.85. The van der Waals surface area contributed by atoms with E-state index < -0.39 is 11.9 Å². The zero-order chi connectivity index (χ0) is 10.8. The van der Waals surface area contributed by atoms with Crippen molar-refractivity contribution in [3.63, 3.8) is 0 Å². The highest BCUT2D eigenvalue weighted by Gasteiger charge is 2.14. The summed E-state index contributed by atoms with van der Waals surface area (Å²) >= 11 is 1.18. The summed E-state index contributed by atoms with van der Waals surface area (Å²) < 4.78 is 5.53. The lowest BCUT2D eigenvalue weighted by Crippen LogP contribution is -2.27. The van der Waals surface area contributed by atoms with E-state index in [0.717, 1.165) is 10.2 Å². The molecule has 0 aliphatic heterocycles. The second-order valence-corrected chi connectivity index (χ2v) is 3.69. The quantitative estimate of drug-likeness (QED) is 0.568. The Hall–Kier alpha value is -1.95. The molecule has 0 aliphatic rings. The minimum absolute atomic E-state index is 0.125. The lowest BCUT2D eigenvalue weighted by atomic mass is 10.3. The number of rotatable bonds is 1. The first-order valence-electron chi connectivity index (χ1n) is 4.04. The Morgan fingerprint density at radius 3 is 2.73 bits per heavy atom. The first kappa shape index (κ1) is 9.60. The summed E-state index contributed by atoms with van der Waals surface area (Å²) in [5.41, 5.74) is 5.46. The number of esters is 1. The first-order chi connectivity index (χ1) is 7.16. The molecule has 0 saturated carbocycles. The Kier molecular flexibility index (Phi) is 2.34. The average Bonchev–Trinajstić information content (AvgIpc) is 2.59. The molecule has 2 aromatic rings. The zero-order valence-corrected chi connectivity index (χ0v) is 8.28. The number of hydrogen-bond acceptors (Lipinski definition) is 5. The molecular weight excluding hydrogens is 216 g/mol. The second-order valence-electron chi connectivity index (χ2n) is 2.70. The average molecular weight is 222 g/mol. The molecule has 0 spiro atoms. The van der Waals surface area contributed by atoms with Gasteiger partial charge in [0.15, 0.2) is 0 Å². The van der Waals surface area contributed by atoms with Crippen molar-refractivity contribution < 1.29 is 14.3 Å². The molecule has 0 bridgehead atoms. The van der Waals surface area contributed by atoms with Crippen LogP contribution in [0.4, 0.5) is 0 Å². The number of primary amides is 1. The topological polar surface area (TPSA) is 82.3 Å². The van der Waals surface area contributed by atoms with Crippen LogP contribution in [-0.4, -0.2) is 16.9 Å². The van der Waals surface area contributed by atoms with Crippen molar-refractivity contribution in [3.8, 4) is 5.19 Å². The van der Waals surface area contributed by atoms with Crippen LogP contribution in [0.25, 0.3) is 10.2 Å². The van der Waals surface area contributed by atoms with E-state index in [-0.39, 0.29) is 5.19 Å². The third kappa shape index (κ3) is 1.94. The number of carbonyl (C=O) groups is 2. The number of ether oxygens (including phenoxy) is 1. The second kappa shape index (κ2) is 3.66. The van der Waals surface area contributed by atoms with Crippen molar-refractivity contribution in [1.29, 1.82) is 0 Å². The van der Waals surface area contributed by atoms with E-state index in [1.165, 1.54) is 11.3 Å². The van der Waals surface area contributed by atoms with Gasteiger partial charge in [0.1, 0.15) is 0 Å². The molecule has 1 aromatic heterocycles. The fourth-order valence-corrected chi connectivity index (χ4v) is 1.84. The van der Waals surface area contributed by atoms with Gasteiger partial charge in [0.2, 0.25) is 0 Å². The number of thiazole rings is 1. The van der Waals surface area contributed by atoms with Crippen LogP contribution in [0.15, 0.2) is 24.3 Å². The predicted molar refractivity (Wildman–Crippen MR) is 54.4 cm³/mol. The van der Waals surface area contributed by atoms with Gasteiger partial charge in [-0.1, -0.05) is 23.5 Å². The van der Waals surface area contributed by atoms with Gasteiger partial charge in [-0.25, -0.2) is 9.78 Å². The predicted octanol–water partition coefficient (Wildman–Crippen LogP) is 0.687. The highest BCUT2D eigenvalue weighted by molar-refractivity contribution is 7.20. The molecular formula is C9H6N2O3S. The Bertz CT molecular complexity index is 502. The summed E-state index contributed by atoms with van der Waals surface area (Å²) in [5.74, 6) is -2.23. The van der Waals surface area contributed by atoms with Crippen molar-refractivity contribution in [2.75, 3.05) is 0 Å². The highest BCUT2D eigenvalue weighted by atomic mass is 32.1. The SMILES string of the molecule is NC(=O)C(=O)Oc1nc2ccccc2s1. The van der Waals surface area contributed by atoms with Gasteiger partial charge in [-0.05, 0) is 12.1 Å². The van der Waals surface area contributed by atoms with Gasteiger partial charge in [0.25, 0.3) is 5.19 Å². The Labute approximate surface area is 88.5 Å². The zero-order valence-electron chi connectivity index (χ0n) is 7.47. The third-order valence-electron chi connectivity index (χ3n) is 1.66. The molecule has 0 aliphatic carbocycles. The molecule has 0 saturated heterocycles. The minimum Gasteiger partial charge on any atom is -0.391 e. The van der Waals surface area contributed by atoms with Crippen LogP contribution in [0.1, 0.15) is 0 Å². The van der Waals surface area contributed by atoms with E-state index in [1.807, 2.05) is 18.2 Å². The fraction of sp³-hybridized carbons (Fsp3) is 0. The van der Waals surface area contributed by atoms with E-state index in [2.05, 4.69) is 9.72 Å². The van der Waals surface area contributed by atoms with Gasteiger partial charge >= 0.3 is 11.9 Å². The minimum atomic E-state index is -1.13. The van der Waals surface area contributed by atoms with E-state index in [1.54, 1.807) is 6.07 Å². The van der Waals surface area contributed by atoms with Gasteiger partial charge in [-0.3, -0.25) is 4.79 Å². The molecule has 1 amide bonds. The molecule has 76 valence electrons. The molecule has 0 fully saturated rings. The van der Waals surface area contributed by atoms with E-state index in [9.17, 15) is 9.59 Å². The summed E-state index contributed by atoms with van der Waals surface area (Å²) in [7, 11) is 0. The highest BCUT2D eigenvalue weighted by Crippen LogP contribution is 2.27. The van der Waals surface area contributed by atoms with Crippen LogP contribution in [-0.2, 0) is 9.59 Å². The van der Waals surface area contributed by atoms with Crippen LogP contribution in [0.5, 0.6) is 5.19 Å². The third-order valence-corrected chi connectivity index (χ3v) is 2.57. The van der Waals surface area contributed by atoms with Crippen molar-refractivity contribution >= 4 is 33.4 Å². The van der Waals surface area contributed by atoms with Crippen LogP contribution in [0.3, 0.4) is 0 Å². The molecule has 1 heterocycles. The molecule has 0 radical (unpaired) electrons. The maximum atomic E-state index is 10.9. The number of hydrogen-bond donors (Lipinski definition) is 1. The van der Waals surface area contributed by atoms with Crippen LogP contribution >= 0.6 is 11.3 Å². The lowest BCUT2D eigenvalue weighted by Gasteiger charge is -1.93. The van der Waals surface area contributed by atoms with E-state index in [4.69, 9.17) is 5.73 Å². The maximum absolute atomic E-state index is 10.9. The number of para-hydroxylation sites is 1. The molecule has 2 N–H and O–H groups in total. The number of carbonyl (C=O) groups excluding carboxylic acids is 2. The molecule has 1 aromatic carbocycles. The van der Waals surface area contributed by atoms with Crippen molar-refractivity contribution in [3.05, 3.63) is 24.3 Å². The summed E-state index contributed by atoms with van der Waals surface area (Å²) in [6.07, 6.45) is 0. The van der Waals surface area contributed by atoms with Crippen molar-refractivity contribution in [2.24, 2.45) is 5.73 Å². The van der Waals surface area contributed by atoms with Crippen LogP contribution < -0.4 is 10.5 Å². The molecule has 2 rings (SSSR count). The summed E-state index contributed by atoms with van der Waals surface area (Å²) in [6, 6.07) is 7.30. The van der Waals surface area contributed by atoms with Gasteiger partial charge in [0.05, 0.1) is 10.2 Å². The van der Waals surface area contributed by atoms with Crippen molar-refractivity contribution in [2.45, 2.75) is 0 Å². The normalized spacial score (nSPS) is 10.1. The standard InChI is InChI=1S/C9H6N2O3S/c10-7(12)8(13)14-9-11-5-3-1-2-4-6(5)15-9/h1-4H,(H2,10,12). The Morgan fingerprint density at radius 2 is 2.07 bits per heavy atom. The largest absolute Gasteiger partial charge is 0.403 e. The van der Waals surface area contributed by atoms with E-state index >= 15 is 0 Å². The molecule has 0 atom stereocenters. The Morgan fingerprint density at radius 1 is 1.33 bits per heavy atom. The van der Waals surface area contributed by atoms with Gasteiger partial charge < -0.3 is 10.5 Å². The van der Waals surface area contributed by atoms with Crippen LogP contribution in [0, 0.1) is 0 Å². The van der Waals surface area contributed by atoms with Gasteiger partial charge in [0, 0.05) is 0 Å². The maximum Gasteiger partial charge on any atom is 0.403 e. The number of aromatic nitrogens is 1. The number of amides is 1. The number of fused-ring (bicyclic) bond motifs is 1. The van der Waals surface area contributed by atoms with E-state index in [0.29, 0.717) is 0 Å². The number of benzene rings is 1. The van der Waals surface area contributed by atoms with Crippen molar-refractivity contribution in [1.82, 2.24) is 4.98 Å². The lowest BCUT2D eigenvalue weighted by molar-refractivity contribution is -0.146. The number of nitrogens with zero attached hydrogens (tertiary/aromatic N) is 1. The molecule has 0 unspecified atom stereocenters. The molecule has 15 heavy (non-hydrogen) atoms. The summed E-state index contributed by atoms with van der Waals surface area (Å²) in [6.45, 7) is 0. The molecule has 6 heteroatoms.